The summed E-state index contributed by atoms with van der Waals surface area (Å²) in [6, 6.07) is -0.857. The zero-order valence-electron chi connectivity index (χ0n) is 7.17. The number of aliphatic hydroxyl groups is 1. The monoisotopic (exact) mass is 202 g/mol. The molecule has 0 bridgehead atoms. The Balaban J connectivity index is 3.06. The van der Waals surface area contributed by atoms with E-state index in [4.69, 9.17) is 26.4 Å². The van der Waals surface area contributed by atoms with E-state index in [1.54, 1.807) is 0 Å². The van der Waals surface area contributed by atoms with E-state index >= 15 is 0 Å². The maximum atomic E-state index is 10.9. The second-order valence-electron chi connectivity index (χ2n) is 2.38. The Morgan fingerprint density at radius 2 is 2.14 bits per heavy atom. The first-order valence-electron chi connectivity index (χ1n) is 3.69. The van der Waals surface area contributed by atoms with Gasteiger partial charge in [-0.25, -0.2) is 4.73 Å². The molecule has 0 atom stereocenters. The topological polar surface area (TPSA) is 142 Å². The van der Waals surface area contributed by atoms with Crippen LogP contribution in [0.4, 0.5) is 11.5 Å². The molecule has 0 aliphatic carbocycles. The molecular weight excluding hydrogens is 192 g/mol. The second kappa shape index (κ2) is 3.83. The van der Waals surface area contributed by atoms with Crippen molar-refractivity contribution in [2.45, 2.75) is 0 Å². The van der Waals surface area contributed by atoms with Gasteiger partial charge in [0.15, 0.2) is 5.69 Å². The predicted molar refractivity (Wildman–Crippen MR) is 46.3 cm³/mol. The minimum atomic E-state index is -0.857. The molecule has 0 amide bonds. The Morgan fingerprint density at radius 3 is 2.71 bits per heavy atom. The number of aromatic hydroxyl groups is 1. The van der Waals surface area contributed by atoms with Crippen LogP contribution in [0.1, 0.15) is 0 Å². The number of nitrogens with zero attached hydrogens (tertiary/aromatic N) is 2. The van der Waals surface area contributed by atoms with Crippen molar-refractivity contribution < 1.29 is 19.7 Å². The zero-order chi connectivity index (χ0) is 10.7. The van der Waals surface area contributed by atoms with Crippen molar-refractivity contribution in [2.75, 3.05) is 24.7 Å². The zero-order valence-corrected chi connectivity index (χ0v) is 7.17. The van der Waals surface area contributed by atoms with Crippen molar-refractivity contribution in [3.05, 3.63) is 5.21 Å². The van der Waals surface area contributed by atoms with E-state index in [0.29, 0.717) is 0 Å². The van der Waals surface area contributed by atoms with E-state index in [9.17, 15) is 5.21 Å². The number of hydrogen-bond acceptors (Lipinski definition) is 7. The molecule has 0 spiro atoms. The fraction of sp³-hybridized carbons (Fsp3) is 0.333. The van der Waals surface area contributed by atoms with Crippen LogP contribution in [0, 0.1) is 5.21 Å². The van der Waals surface area contributed by atoms with Gasteiger partial charge in [-0.2, -0.15) is 0 Å². The number of anilines is 2. The van der Waals surface area contributed by atoms with Gasteiger partial charge in [-0.05, 0) is 4.98 Å². The summed E-state index contributed by atoms with van der Waals surface area (Å²) in [6.07, 6.45) is 0. The van der Waals surface area contributed by atoms with Crippen molar-refractivity contribution in [1.82, 2.24) is 4.98 Å². The van der Waals surface area contributed by atoms with Crippen molar-refractivity contribution in [3.63, 3.8) is 0 Å². The van der Waals surface area contributed by atoms with Gasteiger partial charge in [0.25, 0.3) is 5.82 Å². The molecule has 1 aromatic heterocycles. The predicted octanol–water partition coefficient (Wildman–Crippen LogP) is -2.04. The summed E-state index contributed by atoms with van der Waals surface area (Å²) >= 11 is 0. The van der Waals surface area contributed by atoms with Gasteiger partial charge in [-0.1, -0.05) is 0 Å². The lowest BCUT2D eigenvalue weighted by Crippen LogP contribution is -2.33. The SMILES string of the molecule is Nc1c(OCCO)nc(O)[n+]([O-])c1N. The van der Waals surface area contributed by atoms with Crippen LogP contribution in [-0.2, 0) is 0 Å². The average molecular weight is 202 g/mol. The maximum absolute atomic E-state index is 10.9. The van der Waals surface area contributed by atoms with E-state index < -0.39 is 11.8 Å². The van der Waals surface area contributed by atoms with Crippen LogP contribution in [0.25, 0.3) is 0 Å². The molecule has 0 aliphatic rings. The molecule has 0 aliphatic heterocycles. The number of hydrogen-bond donors (Lipinski definition) is 4. The van der Waals surface area contributed by atoms with Crippen molar-refractivity contribution in [2.24, 2.45) is 0 Å². The first kappa shape index (κ1) is 10.1. The van der Waals surface area contributed by atoms with Crippen molar-refractivity contribution in [1.29, 1.82) is 0 Å². The van der Waals surface area contributed by atoms with Crippen LogP contribution in [-0.4, -0.2) is 28.4 Å². The third kappa shape index (κ3) is 1.69. The summed E-state index contributed by atoms with van der Waals surface area (Å²) in [5.41, 5.74) is 10.4. The molecule has 1 heterocycles. The minimum absolute atomic E-state index is 0.0266. The highest BCUT2D eigenvalue weighted by atomic mass is 16.5. The third-order valence-corrected chi connectivity index (χ3v) is 1.44. The Morgan fingerprint density at radius 1 is 1.50 bits per heavy atom. The van der Waals surface area contributed by atoms with Crippen LogP contribution < -0.4 is 20.9 Å². The van der Waals surface area contributed by atoms with Gasteiger partial charge in [-0.15, -0.1) is 0 Å². The highest BCUT2D eigenvalue weighted by Gasteiger charge is 2.18. The summed E-state index contributed by atoms with van der Waals surface area (Å²) in [4.78, 5) is 3.34. The molecule has 0 saturated carbocycles. The Kier molecular flexibility index (Phi) is 2.77. The number of nitrogen functional groups attached to an aromatic ring is 2. The Bertz CT molecular complexity index is 343. The van der Waals surface area contributed by atoms with Crippen molar-refractivity contribution in [3.8, 4) is 11.9 Å². The third-order valence-electron chi connectivity index (χ3n) is 1.44. The largest absolute Gasteiger partial charge is 0.738 e. The molecule has 0 unspecified atom stereocenters. The number of nitrogens with two attached hydrogens (primary N) is 2. The van der Waals surface area contributed by atoms with Gasteiger partial charge < -0.3 is 31.6 Å². The molecule has 1 rings (SSSR count). The molecule has 78 valence electrons. The van der Waals surface area contributed by atoms with Crippen LogP contribution >= 0.6 is 0 Å². The molecule has 8 nitrogen and oxygen atoms in total. The molecule has 0 radical (unpaired) electrons. The second-order valence-corrected chi connectivity index (χ2v) is 2.38. The molecular formula is C6H10N4O4. The van der Waals surface area contributed by atoms with Crippen LogP contribution in [0.5, 0.6) is 11.9 Å². The molecule has 0 fully saturated rings. The first-order chi connectivity index (χ1) is 6.57. The summed E-state index contributed by atoms with van der Waals surface area (Å²) in [6.45, 7) is -0.299. The Hall–Kier alpha value is -1.96. The molecule has 0 aromatic carbocycles. The van der Waals surface area contributed by atoms with E-state index in [2.05, 4.69) is 4.98 Å². The van der Waals surface area contributed by atoms with Crippen molar-refractivity contribution >= 4 is 11.5 Å². The molecule has 14 heavy (non-hydrogen) atoms. The van der Waals surface area contributed by atoms with E-state index in [1.807, 2.05) is 0 Å². The average Bonchev–Trinajstić information content (AvgIpc) is 2.18. The number of aromatic nitrogens is 2. The number of aliphatic hydroxyl groups excluding tert-OH is 1. The van der Waals surface area contributed by atoms with Crippen LogP contribution in [0.15, 0.2) is 0 Å². The highest BCUT2D eigenvalue weighted by molar-refractivity contribution is 5.61. The van der Waals surface area contributed by atoms with Crippen LogP contribution in [0.3, 0.4) is 0 Å². The molecule has 6 N–H and O–H groups in total. The minimum Gasteiger partial charge on any atom is -0.738 e. The summed E-state index contributed by atoms with van der Waals surface area (Å²) in [7, 11) is 0. The maximum Gasteiger partial charge on any atom is 0.435 e. The number of rotatable bonds is 3. The molecule has 1 aromatic rings. The fourth-order valence-corrected chi connectivity index (χ4v) is 0.776. The van der Waals surface area contributed by atoms with Gasteiger partial charge in [0, 0.05) is 0 Å². The summed E-state index contributed by atoms with van der Waals surface area (Å²) in [5.74, 6) is -0.577. The van der Waals surface area contributed by atoms with Gasteiger partial charge in [0.2, 0.25) is 0 Å². The van der Waals surface area contributed by atoms with Gasteiger partial charge in [-0.3, -0.25) is 0 Å². The summed E-state index contributed by atoms with van der Waals surface area (Å²) < 4.78 is 4.80. The lowest BCUT2D eigenvalue weighted by molar-refractivity contribution is -0.601. The quantitative estimate of drug-likeness (QED) is 0.326. The number of ether oxygens (including phenoxy) is 1. The smallest absolute Gasteiger partial charge is 0.435 e. The molecule has 8 heteroatoms. The van der Waals surface area contributed by atoms with Gasteiger partial charge >= 0.3 is 11.9 Å². The van der Waals surface area contributed by atoms with E-state index in [-0.39, 0.29) is 29.5 Å². The normalized spacial score (nSPS) is 10.1. The van der Waals surface area contributed by atoms with Crippen LogP contribution in [0.2, 0.25) is 0 Å². The lowest BCUT2D eigenvalue weighted by atomic mass is 10.4. The fourth-order valence-electron chi connectivity index (χ4n) is 0.776. The standard InChI is InChI=1S/C6H10N4O4/c7-3-4(8)10(13)6(12)9-5(3)14-2-1-11/h11H,1-2,7-8H2,(H,9,12). The first-order valence-corrected chi connectivity index (χ1v) is 3.69. The van der Waals surface area contributed by atoms with E-state index in [0.717, 1.165) is 0 Å². The lowest BCUT2D eigenvalue weighted by Gasteiger charge is -2.10. The Labute approximate surface area is 78.9 Å². The summed E-state index contributed by atoms with van der Waals surface area (Å²) in [5, 5.41) is 28.3. The van der Waals surface area contributed by atoms with Gasteiger partial charge in [0.05, 0.1) is 6.61 Å². The van der Waals surface area contributed by atoms with E-state index in [1.165, 1.54) is 0 Å². The molecule has 0 saturated heterocycles. The highest BCUT2D eigenvalue weighted by Crippen LogP contribution is 2.23. The van der Waals surface area contributed by atoms with Gasteiger partial charge in [0.1, 0.15) is 6.61 Å².